The quantitative estimate of drug-likeness (QED) is 0.0453. The summed E-state index contributed by atoms with van der Waals surface area (Å²) < 4.78 is 17.8. The number of nitrogens with zero attached hydrogens (tertiary/aromatic N) is 1. The number of hydrogen-bond acceptors (Lipinski definition) is 6. The van der Waals surface area contributed by atoms with Crippen LogP contribution < -0.4 is 0 Å². The molecule has 1 unspecified atom stereocenters. The molecule has 0 heterocycles. The molecule has 0 spiro atoms. The van der Waals surface area contributed by atoms with Gasteiger partial charge in [-0.15, -0.1) is 0 Å². The SMILES string of the molecule is CCCCCC(CCCCC)CC(=O)OCCCCCCCCCC(CCCCCCCOC(=O)CC(CCCCC)CCCCC)OCCCCN(C)C. The summed E-state index contributed by atoms with van der Waals surface area (Å²) >= 11 is 0. The Morgan fingerprint density at radius 3 is 1.09 bits per heavy atom. The summed E-state index contributed by atoms with van der Waals surface area (Å²) in [6.45, 7) is 12.2. The number of esters is 2. The topological polar surface area (TPSA) is 65.1 Å². The Kier molecular flexibility index (Phi) is 41.6. The average molecular weight is 780 g/mol. The molecule has 0 aliphatic rings. The van der Waals surface area contributed by atoms with Gasteiger partial charge in [-0.3, -0.25) is 9.59 Å². The number of unbranched alkanes of at least 4 members (excludes halogenated alkanes) is 19. The Bertz CT molecular complexity index is 784. The molecule has 0 rings (SSSR count). The maximum absolute atomic E-state index is 12.5. The monoisotopic (exact) mass is 780 g/mol. The molecule has 1 atom stereocenters. The number of carbonyl (C=O) groups is 2. The first-order valence-electron chi connectivity index (χ1n) is 24.4. The van der Waals surface area contributed by atoms with Crippen LogP contribution in [0.3, 0.4) is 0 Å². The van der Waals surface area contributed by atoms with E-state index in [-0.39, 0.29) is 11.9 Å². The zero-order valence-corrected chi connectivity index (χ0v) is 38.1. The lowest BCUT2D eigenvalue weighted by atomic mass is 9.92. The standard InChI is InChI=1S/C49H97NO5/c1-7-11-23-33-45(34-24-12-8-2)43-48(51)54-41-30-21-17-15-16-19-27-37-47(53-40-32-29-39-50(5)6)38-28-20-18-22-31-42-55-49(52)44-46(35-25-13-9-3)36-26-14-10-4/h45-47H,7-44H2,1-6H3. The molecule has 0 aromatic carbocycles. The van der Waals surface area contributed by atoms with Crippen LogP contribution in [0.15, 0.2) is 0 Å². The van der Waals surface area contributed by atoms with E-state index in [1.165, 1.54) is 167 Å². The second-order valence-corrected chi connectivity index (χ2v) is 17.4. The highest BCUT2D eigenvalue weighted by Crippen LogP contribution is 2.23. The van der Waals surface area contributed by atoms with Crippen LogP contribution in [0.1, 0.15) is 246 Å². The van der Waals surface area contributed by atoms with Gasteiger partial charge in [-0.2, -0.15) is 0 Å². The van der Waals surface area contributed by atoms with Crippen LogP contribution in [0.2, 0.25) is 0 Å². The van der Waals surface area contributed by atoms with Crippen molar-refractivity contribution >= 4 is 11.9 Å². The molecule has 55 heavy (non-hydrogen) atoms. The first kappa shape index (κ1) is 53.9. The Labute approximate surface area is 344 Å². The van der Waals surface area contributed by atoms with Gasteiger partial charge in [0.1, 0.15) is 0 Å². The van der Waals surface area contributed by atoms with E-state index in [2.05, 4.69) is 46.7 Å². The second kappa shape index (κ2) is 42.5. The minimum atomic E-state index is 0.0240. The van der Waals surface area contributed by atoms with E-state index in [9.17, 15) is 9.59 Å². The van der Waals surface area contributed by atoms with E-state index < -0.39 is 0 Å². The summed E-state index contributed by atoms with van der Waals surface area (Å²) in [4.78, 5) is 27.3. The third-order valence-electron chi connectivity index (χ3n) is 11.5. The third-order valence-corrected chi connectivity index (χ3v) is 11.5. The number of carbonyl (C=O) groups excluding carboxylic acids is 2. The van der Waals surface area contributed by atoms with Gasteiger partial charge in [0.25, 0.3) is 0 Å². The van der Waals surface area contributed by atoms with Crippen molar-refractivity contribution in [2.24, 2.45) is 11.8 Å². The highest BCUT2D eigenvalue weighted by Gasteiger charge is 2.16. The molecule has 6 heteroatoms. The number of rotatable bonds is 44. The van der Waals surface area contributed by atoms with Crippen molar-refractivity contribution in [3.8, 4) is 0 Å². The highest BCUT2D eigenvalue weighted by molar-refractivity contribution is 5.70. The van der Waals surface area contributed by atoms with Gasteiger partial charge in [0.2, 0.25) is 0 Å². The van der Waals surface area contributed by atoms with E-state index >= 15 is 0 Å². The highest BCUT2D eigenvalue weighted by atomic mass is 16.5. The molecular weight excluding hydrogens is 683 g/mol. The summed E-state index contributed by atoms with van der Waals surface area (Å²) in [5.74, 6) is 1.07. The molecule has 0 aromatic rings. The molecule has 0 aromatic heterocycles. The van der Waals surface area contributed by atoms with E-state index in [1.54, 1.807) is 0 Å². The van der Waals surface area contributed by atoms with Crippen LogP contribution in [0.4, 0.5) is 0 Å². The lowest BCUT2D eigenvalue weighted by Crippen LogP contribution is -2.16. The van der Waals surface area contributed by atoms with Crippen molar-refractivity contribution in [2.75, 3.05) is 40.5 Å². The molecule has 0 radical (unpaired) electrons. The van der Waals surface area contributed by atoms with Gasteiger partial charge in [0, 0.05) is 19.4 Å². The molecule has 328 valence electrons. The van der Waals surface area contributed by atoms with Crippen molar-refractivity contribution in [3.63, 3.8) is 0 Å². The maximum atomic E-state index is 12.5. The minimum absolute atomic E-state index is 0.0240. The van der Waals surface area contributed by atoms with Crippen molar-refractivity contribution < 1.29 is 23.8 Å². The molecule has 0 bridgehead atoms. The van der Waals surface area contributed by atoms with Crippen molar-refractivity contribution in [2.45, 2.75) is 252 Å². The minimum Gasteiger partial charge on any atom is -0.466 e. The van der Waals surface area contributed by atoms with Crippen LogP contribution in [0, 0.1) is 11.8 Å². The van der Waals surface area contributed by atoms with Crippen LogP contribution in [0.5, 0.6) is 0 Å². The van der Waals surface area contributed by atoms with Crippen LogP contribution >= 0.6 is 0 Å². The Hall–Kier alpha value is -1.14. The van der Waals surface area contributed by atoms with Gasteiger partial charge in [-0.05, 0) is 96.7 Å². The number of hydrogen-bond donors (Lipinski definition) is 0. The predicted octanol–water partition coefficient (Wildman–Crippen LogP) is 14.6. The normalized spacial score (nSPS) is 12.3. The molecule has 6 nitrogen and oxygen atoms in total. The molecule has 0 fully saturated rings. The fraction of sp³-hybridized carbons (Fsp3) is 0.959. The summed E-state index contributed by atoms with van der Waals surface area (Å²) in [6.07, 6.45) is 40.3. The molecule has 0 saturated heterocycles. The molecule has 0 aliphatic carbocycles. The van der Waals surface area contributed by atoms with Crippen LogP contribution in [0.25, 0.3) is 0 Å². The molecular formula is C49H97NO5. The van der Waals surface area contributed by atoms with E-state index in [4.69, 9.17) is 14.2 Å². The summed E-state index contributed by atoms with van der Waals surface area (Å²) in [5.41, 5.74) is 0. The fourth-order valence-electron chi connectivity index (χ4n) is 7.84. The second-order valence-electron chi connectivity index (χ2n) is 17.4. The molecule has 0 aliphatic heterocycles. The van der Waals surface area contributed by atoms with Crippen molar-refractivity contribution in [3.05, 3.63) is 0 Å². The Morgan fingerprint density at radius 2 is 0.727 bits per heavy atom. The van der Waals surface area contributed by atoms with E-state index in [1.807, 2.05) is 0 Å². The van der Waals surface area contributed by atoms with Crippen LogP contribution in [-0.2, 0) is 23.8 Å². The largest absolute Gasteiger partial charge is 0.466 e. The summed E-state index contributed by atoms with van der Waals surface area (Å²) in [7, 11) is 4.29. The molecule has 0 N–H and O–H groups in total. The van der Waals surface area contributed by atoms with Crippen molar-refractivity contribution in [1.29, 1.82) is 0 Å². The summed E-state index contributed by atoms with van der Waals surface area (Å²) in [5, 5.41) is 0. The average Bonchev–Trinajstić information content (AvgIpc) is 3.16. The smallest absolute Gasteiger partial charge is 0.306 e. The Balaban J connectivity index is 4.20. The van der Waals surface area contributed by atoms with Gasteiger partial charge in [0.05, 0.1) is 19.3 Å². The van der Waals surface area contributed by atoms with Gasteiger partial charge in [0.15, 0.2) is 0 Å². The van der Waals surface area contributed by atoms with Gasteiger partial charge >= 0.3 is 11.9 Å². The zero-order valence-electron chi connectivity index (χ0n) is 38.1. The predicted molar refractivity (Wildman–Crippen MR) is 237 cm³/mol. The third kappa shape index (κ3) is 39.5. The first-order valence-corrected chi connectivity index (χ1v) is 24.4. The van der Waals surface area contributed by atoms with Crippen LogP contribution in [-0.4, -0.2) is 63.4 Å². The lowest BCUT2D eigenvalue weighted by molar-refractivity contribution is -0.146. The summed E-state index contributed by atoms with van der Waals surface area (Å²) in [6, 6.07) is 0. The van der Waals surface area contributed by atoms with Crippen molar-refractivity contribution in [1.82, 2.24) is 4.90 Å². The fourth-order valence-corrected chi connectivity index (χ4v) is 7.84. The lowest BCUT2D eigenvalue weighted by Gasteiger charge is -2.18. The molecule has 0 saturated carbocycles. The zero-order chi connectivity index (χ0) is 40.5. The van der Waals surface area contributed by atoms with Gasteiger partial charge in [-0.1, -0.05) is 169 Å². The van der Waals surface area contributed by atoms with Gasteiger partial charge < -0.3 is 19.1 Å². The van der Waals surface area contributed by atoms with E-state index in [0.717, 1.165) is 51.7 Å². The van der Waals surface area contributed by atoms with Gasteiger partial charge in [-0.25, -0.2) is 0 Å². The number of ether oxygens (including phenoxy) is 3. The Morgan fingerprint density at radius 1 is 0.400 bits per heavy atom. The first-order chi connectivity index (χ1) is 26.9. The maximum Gasteiger partial charge on any atom is 0.306 e. The molecule has 0 amide bonds. The van der Waals surface area contributed by atoms with E-state index in [0.29, 0.717) is 44.0 Å².